The van der Waals surface area contributed by atoms with Gasteiger partial charge in [-0.15, -0.1) is 11.3 Å². The molecule has 0 aliphatic carbocycles. The van der Waals surface area contributed by atoms with Gasteiger partial charge in [0.2, 0.25) is 5.91 Å². The van der Waals surface area contributed by atoms with E-state index in [9.17, 15) is 14.9 Å². The van der Waals surface area contributed by atoms with Crippen LogP contribution in [0.2, 0.25) is 0 Å². The smallest absolute Gasteiger partial charge is 0.292 e. The fraction of sp³-hybridized carbons (Fsp3) is 0.227. The summed E-state index contributed by atoms with van der Waals surface area (Å²) in [5.41, 5.74) is 2.39. The number of nitrogens with one attached hydrogen (secondary N) is 2. The van der Waals surface area contributed by atoms with Crippen LogP contribution in [-0.4, -0.2) is 17.4 Å². The Balaban J connectivity index is 1.72. The van der Waals surface area contributed by atoms with Crippen molar-refractivity contribution in [1.82, 2.24) is 5.32 Å². The van der Waals surface area contributed by atoms with E-state index in [2.05, 4.69) is 48.7 Å². The molecule has 7 heteroatoms. The molecule has 1 heterocycles. The Labute approximate surface area is 173 Å². The van der Waals surface area contributed by atoms with Crippen molar-refractivity contribution in [3.63, 3.8) is 0 Å². The summed E-state index contributed by atoms with van der Waals surface area (Å²) >= 11 is 1.61. The number of benzene rings is 2. The molecule has 1 amide bonds. The molecule has 0 aliphatic heterocycles. The quantitative estimate of drug-likeness (QED) is 0.400. The molecule has 1 aromatic heterocycles. The monoisotopic (exact) mass is 409 g/mol. The number of carbonyl (C=O) groups is 1. The minimum absolute atomic E-state index is 0.0283. The average Bonchev–Trinajstić information content (AvgIpc) is 3.23. The van der Waals surface area contributed by atoms with Crippen molar-refractivity contribution in [2.75, 3.05) is 11.9 Å². The van der Waals surface area contributed by atoms with E-state index >= 15 is 0 Å². The molecule has 0 bridgehead atoms. The number of hydrogen-bond donors (Lipinski definition) is 2. The summed E-state index contributed by atoms with van der Waals surface area (Å²) in [6, 6.07) is 18.4. The Morgan fingerprint density at radius 3 is 2.34 bits per heavy atom. The second kappa shape index (κ2) is 9.45. The van der Waals surface area contributed by atoms with Gasteiger partial charge < -0.3 is 5.32 Å². The van der Waals surface area contributed by atoms with Gasteiger partial charge in [0.15, 0.2) is 0 Å². The lowest BCUT2D eigenvalue weighted by Crippen LogP contribution is -2.31. The number of rotatable bonds is 8. The molecular weight excluding hydrogens is 386 g/mol. The number of hydrogen-bond acceptors (Lipinski definition) is 5. The first-order valence-corrected chi connectivity index (χ1v) is 10.2. The van der Waals surface area contributed by atoms with Crippen molar-refractivity contribution < 1.29 is 9.72 Å². The van der Waals surface area contributed by atoms with E-state index in [1.165, 1.54) is 17.7 Å². The third-order valence-corrected chi connectivity index (χ3v) is 5.54. The summed E-state index contributed by atoms with van der Waals surface area (Å²) in [4.78, 5) is 24.2. The van der Waals surface area contributed by atoms with Crippen molar-refractivity contribution in [1.29, 1.82) is 0 Å². The van der Waals surface area contributed by atoms with Crippen LogP contribution in [0.15, 0.2) is 66.0 Å². The van der Waals surface area contributed by atoms with Gasteiger partial charge in [-0.2, -0.15) is 0 Å². The van der Waals surface area contributed by atoms with Crippen LogP contribution in [0.3, 0.4) is 0 Å². The van der Waals surface area contributed by atoms with Gasteiger partial charge in [0, 0.05) is 10.9 Å². The van der Waals surface area contributed by atoms with E-state index in [0.29, 0.717) is 5.92 Å². The number of anilines is 1. The SMILES string of the molecule is CC(C)c1ccc([C@H](NCC(=O)Nc2ccccc2[N+](=O)[O-])c2cccs2)cc1. The predicted molar refractivity (Wildman–Crippen MR) is 116 cm³/mol. The second-order valence-electron chi connectivity index (χ2n) is 6.97. The molecule has 0 unspecified atom stereocenters. The minimum Gasteiger partial charge on any atom is -0.319 e. The molecule has 0 radical (unpaired) electrons. The van der Waals surface area contributed by atoms with Crippen LogP contribution in [0.5, 0.6) is 0 Å². The zero-order valence-electron chi connectivity index (χ0n) is 16.3. The third kappa shape index (κ3) is 5.28. The van der Waals surface area contributed by atoms with Crippen LogP contribution in [0.4, 0.5) is 11.4 Å². The van der Waals surface area contributed by atoms with Crippen LogP contribution < -0.4 is 10.6 Å². The zero-order chi connectivity index (χ0) is 20.8. The van der Waals surface area contributed by atoms with Crippen molar-refractivity contribution in [3.8, 4) is 0 Å². The maximum atomic E-state index is 12.4. The number of para-hydroxylation sites is 2. The Morgan fingerprint density at radius 2 is 1.72 bits per heavy atom. The molecule has 3 aromatic rings. The van der Waals surface area contributed by atoms with Crippen LogP contribution in [0, 0.1) is 10.1 Å². The summed E-state index contributed by atoms with van der Waals surface area (Å²) < 4.78 is 0. The lowest BCUT2D eigenvalue weighted by Gasteiger charge is -2.19. The minimum atomic E-state index is -0.506. The van der Waals surface area contributed by atoms with E-state index in [-0.39, 0.29) is 29.9 Å². The summed E-state index contributed by atoms with van der Waals surface area (Å²) in [5.74, 6) is 0.115. The molecular formula is C22H23N3O3S. The standard InChI is InChI=1S/C22H23N3O3S/c1-15(2)16-9-11-17(12-10-16)22(20-8-5-13-29-20)23-14-21(26)24-18-6-3-4-7-19(18)25(27)28/h3-13,15,22-23H,14H2,1-2H3,(H,24,26)/t22-/m0/s1. The van der Waals surface area contributed by atoms with E-state index < -0.39 is 4.92 Å². The van der Waals surface area contributed by atoms with Gasteiger partial charge in [0.25, 0.3) is 5.69 Å². The number of carbonyl (C=O) groups excluding carboxylic acids is 1. The van der Waals surface area contributed by atoms with Crippen LogP contribution >= 0.6 is 11.3 Å². The molecule has 0 saturated heterocycles. The number of thiophene rings is 1. The van der Waals surface area contributed by atoms with Gasteiger partial charge in [-0.05, 0) is 34.6 Å². The number of nitrogens with zero attached hydrogens (tertiary/aromatic N) is 1. The van der Waals surface area contributed by atoms with Crippen molar-refractivity contribution in [3.05, 3.63) is 92.2 Å². The highest BCUT2D eigenvalue weighted by Gasteiger charge is 2.18. The molecule has 0 spiro atoms. The molecule has 6 nitrogen and oxygen atoms in total. The van der Waals surface area contributed by atoms with Gasteiger partial charge in [-0.3, -0.25) is 20.2 Å². The first kappa shape index (κ1) is 20.7. The number of nitro groups is 1. The fourth-order valence-electron chi connectivity index (χ4n) is 3.04. The molecule has 1 atom stereocenters. The van der Waals surface area contributed by atoms with Gasteiger partial charge in [0.05, 0.1) is 17.5 Å². The zero-order valence-corrected chi connectivity index (χ0v) is 17.1. The second-order valence-corrected chi connectivity index (χ2v) is 7.95. The maximum absolute atomic E-state index is 12.4. The molecule has 150 valence electrons. The number of amides is 1. The predicted octanol–water partition coefficient (Wildman–Crippen LogP) is 5.10. The summed E-state index contributed by atoms with van der Waals surface area (Å²) in [6.07, 6.45) is 0. The lowest BCUT2D eigenvalue weighted by atomic mass is 9.98. The van der Waals surface area contributed by atoms with E-state index in [1.807, 2.05) is 17.5 Å². The van der Waals surface area contributed by atoms with Crippen molar-refractivity contribution in [2.45, 2.75) is 25.8 Å². The highest BCUT2D eigenvalue weighted by molar-refractivity contribution is 7.10. The van der Waals surface area contributed by atoms with Gasteiger partial charge in [-0.25, -0.2) is 0 Å². The third-order valence-electron chi connectivity index (χ3n) is 4.61. The van der Waals surface area contributed by atoms with Gasteiger partial charge in [0.1, 0.15) is 5.69 Å². The average molecular weight is 410 g/mol. The van der Waals surface area contributed by atoms with Gasteiger partial charge in [-0.1, -0.05) is 56.3 Å². The Bertz CT molecular complexity index is 969. The fourth-order valence-corrected chi connectivity index (χ4v) is 3.87. The first-order valence-electron chi connectivity index (χ1n) is 9.35. The summed E-state index contributed by atoms with van der Waals surface area (Å²) in [7, 11) is 0. The Hall–Kier alpha value is -3.03. The van der Waals surface area contributed by atoms with E-state index in [4.69, 9.17) is 0 Å². The molecule has 0 saturated carbocycles. The Morgan fingerprint density at radius 1 is 1.03 bits per heavy atom. The lowest BCUT2D eigenvalue weighted by molar-refractivity contribution is -0.383. The molecule has 2 aromatic carbocycles. The largest absolute Gasteiger partial charge is 0.319 e. The van der Waals surface area contributed by atoms with Crippen molar-refractivity contribution in [2.24, 2.45) is 0 Å². The van der Waals surface area contributed by atoms with Crippen LogP contribution in [0.25, 0.3) is 0 Å². The van der Waals surface area contributed by atoms with E-state index in [1.54, 1.807) is 23.5 Å². The van der Waals surface area contributed by atoms with Gasteiger partial charge >= 0.3 is 0 Å². The number of nitro benzene ring substituents is 1. The summed E-state index contributed by atoms with van der Waals surface area (Å²) in [5, 5.41) is 19.0. The molecule has 29 heavy (non-hydrogen) atoms. The molecule has 3 rings (SSSR count). The topological polar surface area (TPSA) is 84.3 Å². The molecule has 0 fully saturated rings. The molecule has 0 aliphatic rings. The first-order chi connectivity index (χ1) is 14.0. The maximum Gasteiger partial charge on any atom is 0.292 e. The highest BCUT2D eigenvalue weighted by Crippen LogP contribution is 2.28. The van der Waals surface area contributed by atoms with E-state index in [0.717, 1.165) is 10.4 Å². The highest BCUT2D eigenvalue weighted by atomic mass is 32.1. The summed E-state index contributed by atoms with van der Waals surface area (Å²) in [6.45, 7) is 4.33. The Kier molecular flexibility index (Phi) is 6.74. The van der Waals surface area contributed by atoms with Crippen LogP contribution in [-0.2, 0) is 4.79 Å². The van der Waals surface area contributed by atoms with Crippen LogP contribution in [0.1, 0.15) is 41.8 Å². The molecule has 2 N–H and O–H groups in total. The normalized spacial score (nSPS) is 12.0. The van der Waals surface area contributed by atoms with Crippen molar-refractivity contribution >= 4 is 28.6 Å².